The molecule has 0 spiro atoms. The average Bonchev–Trinajstić information content (AvgIpc) is 3.03. The van der Waals surface area contributed by atoms with Crippen LogP contribution in [-0.2, 0) is 10.0 Å². The second-order valence-corrected chi connectivity index (χ2v) is 8.19. The molecule has 0 aromatic heterocycles. The van der Waals surface area contributed by atoms with E-state index in [1.165, 1.54) is 12.4 Å². The number of azo groups is 1. The molecule has 0 saturated carbocycles. The first kappa shape index (κ1) is 19.4. The molecule has 1 aromatic carbocycles. The van der Waals surface area contributed by atoms with Gasteiger partial charge in [0.05, 0.1) is 27.9 Å². The molecule has 0 aliphatic carbocycles. The summed E-state index contributed by atoms with van der Waals surface area (Å²) in [6.07, 6.45) is 4.12. The molecule has 2 unspecified atom stereocenters. The van der Waals surface area contributed by atoms with Crippen molar-refractivity contribution in [2.45, 2.75) is 19.5 Å². The molecule has 3 rings (SSSR count). The molecule has 2 aliphatic rings. The molecular formula is C16H15ClF2N4O3S. The smallest absolute Gasteiger partial charge is 0.232 e. The predicted octanol–water partition coefficient (Wildman–Crippen LogP) is 3.36. The van der Waals surface area contributed by atoms with Gasteiger partial charge in [0.25, 0.3) is 0 Å². The number of sulfonamides is 1. The van der Waals surface area contributed by atoms with Crippen LogP contribution >= 0.6 is 11.6 Å². The number of hydrogen-bond acceptors (Lipinski definition) is 6. The number of anilines is 1. The third-order valence-electron chi connectivity index (χ3n) is 4.04. The van der Waals surface area contributed by atoms with Crippen LogP contribution in [0.4, 0.5) is 14.5 Å². The van der Waals surface area contributed by atoms with Crippen molar-refractivity contribution in [3.8, 4) is 0 Å². The molecule has 27 heavy (non-hydrogen) atoms. The predicted molar refractivity (Wildman–Crippen MR) is 95.9 cm³/mol. The maximum atomic E-state index is 14.4. The van der Waals surface area contributed by atoms with Crippen LogP contribution in [0.25, 0.3) is 0 Å². The number of halogens is 3. The Morgan fingerprint density at radius 2 is 2.15 bits per heavy atom. The van der Waals surface area contributed by atoms with Gasteiger partial charge in [-0.05, 0) is 6.42 Å². The number of Topliss-reactive ketones (excluding diaryl/α,β-unsaturated/α-hetero) is 1. The SMILES string of the molecule is CCCS(=O)(=O)Nc1cc(F)c(F)c(C(=O)C2=CNC3N=NC=CC23)c1Cl. The molecule has 11 heteroatoms. The van der Waals surface area contributed by atoms with Crippen LogP contribution in [0.2, 0.25) is 5.02 Å². The first-order chi connectivity index (χ1) is 12.7. The largest absolute Gasteiger partial charge is 0.367 e. The molecule has 2 N–H and O–H groups in total. The highest BCUT2D eigenvalue weighted by molar-refractivity contribution is 7.92. The summed E-state index contributed by atoms with van der Waals surface area (Å²) in [7, 11) is -3.82. The third-order valence-corrected chi connectivity index (χ3v) is 5.91. The van der Waals surface area contributed by atoms with Gasteiger partial charge in [-0.25, -0.2) is 17.2 Å². The van der Waals surface area contributed by atoms with Crippen LogP contribution in [0.15, 0.2) is 40.3 Å². The average molecular weight is 417 g/mol. The molecule has 1 aromatic rings. The van der Waals surface area contributed by atoms with Crippen LogP contribution in [0.5, 0.6) is 0 Å². The molecule has 7 nitrogen and oxygen atoms in total. The summed E-state index contributed by atoms with van der Waals surface area (Å²) in [5.74, 6) is -4.46. The molecule has 0 saturated heterocycles. The topological polar surface area (TPSA) is 100.0 Å². The maximum Gasteiger partial charge on any atom is 0.232 e. The Kier molecular flexibility index (Phi) is 5.29. The van der Waals surface area contributed by atoms with Crippen molar-refractivity contribution in [2.24, 2.45) is 16.1 Å². The van der Waals surface area contributed by atoms with E-state index in [4.69, 9.17) is 11.6 Å². The molecule has 2 atom stereocenters. The second kappa shape index (κ2) is 7.35. The monoisotopic (exact) mass is 416 g/mol. The summed E-state index contributed by atoms with van der Waals surface area (Å²) in [5, 5.41) is 9.91. The van der Waals surface area contributed by atoms with Crippen molar-refractivity contribution in [1.82, 2.24) is 5.32 Å². The summed E-state index contributed by atoms with van der Waals surface area (Å²) in [4.78, 5) is 12.9. The van der Waals surface area contributed by atoms with E-state index in [1.54, 1.807) is 13.0 Å². The fourth-order valence-electron chi connectivity index (χ4n) is 2.83. The molecule has 0 fully saturated rings. The zero-order valence-corrected chi connectivity index (χ0v) is 15.6. The Balaban J connectivity index is 2.01. The van der Waals surface area contributed by atoms with Crippen LogP contribution < -0.4 is 10.0 Å². The van der Waals surface area contributed by atoms with Gasteiger partial charge in [0, 0.05) is 24.0 Å². The number of hydrogen-bond donors (Lipinski definition) is 2. The summed E-state index contributed by atoms with van der Waals surface area (Å²) in [5.41, 5.74) is -1.02. The van der Waals surface area contributed by atoms with Gasteiger partial charge < -0.3 is 5.32 Å². The van der Waals surface area contributed by atoms with Gasteiger partial charge in [-0.1, -0.05) is 24.6 Å². The minimum absolute atomic E-state index is 0.115. The van der Waals surface area contributed by atoms with E-state index in [0.717, 1.165) is 0 Å². The van der Waals surface area contributed by atoms with E-state index < -0.39 is 55.8 Å². The number of nitrogens with one attached hydrogen (secondary N) is 2. The zero-order chi connectivity index (χ0) is 19.8. The lowest BCUT2D eigenvalue weighted by Gasteiger charge is -2.18. The summed E-state index contributed by atoms with van der Waals surface area (Å²) >= 11 is 6.08. The number of nitrogens with zero attached hydrogens (tertiary/aromatic N) is 2. The fourth-order valence-corrected chi connectivity index (χ4v) is 4.29. The number of carbonyl (C=O) groups excluding carboxylic acids is 1. The van der Waals surface area contributed by atoms with E-state index in [0.29, 0.717) is 12.5 Å². The summed E-state index contributed by atoms with van der Waals surface area (Å²) in [6, 6.07) is 0.612. The number of carbonyl (C=O) groups is 1. The maximum absolute atomic E-state index is 14.4. The molecular weight excluding hydrogens is 402 g/mol. The van der Waals surface area contributed by atoms with E-state index in [9.17, 15) is 22.0 Å². The van der Waals surface area contributed by atoms with Gasteiger partial charge in [0.15, 0.2) is 17.4 Å². The minimum atomic E-state index is -3.82. The highest BCUT2D eigenvalue weighted by Crippen LogP contribution is 2.36. The van der Waals surface area contributed by atoms with Crippen LogP contribution in [-0.4, -0.2) is 26.1 Å². The molecule has 0 radical (unpaired) electrons. The Morgan fingerprint density at radius 1 is 1.41 bits per heavy atom. The van der Waals surface area contributed by atoms with Gasteiger partial charge in [-0.3, -0.25) is 9.52 Å². The van der Waals surface area contributed by atoms with Crippen molar-refractivity contribution >= 4 is 33.1 Å². The Bertz CT molecular complexity index is 992. The molecule has 2 aliphatic heterocycles. The third kappa shape index (κ3) is 3.72. The Labute approximate surface area is 159 Å². The number of rotatable bonds is 6. The van der Waals surface area contributed by atoms with Crippen molar-refractivity contribution in [1.29, 1.82) is 0 Å². The van der Waals surface area contributed by atoms with Gasteiger partial charge in [0.1, 0.15) is 6.17 Å². The summed E-state index contributed by atoms with van der Waals surface area (Å²) in [6.45, 7) is 1.64. The number of benzene rings is 1. The molecule has 0 amide bonds. The van der Waals surface area contributed by atoms with E-state index in [1.807, 2.05) is 0 Å². The van der Waals surface area contributed by atoms with Crippen LogP contribution in [0, 0.1) is 17.6 Å². The molecule has 2 heterocycles. The highest BCUT2D eigenvalue weighted by atomic mass is 35.5. The van der Waals surface area contributed by atoms with Crippen molar-refractivity contribution in [3.63, 3.8) is 0 Å². The van der Waals surface area contributed by atoms with Gasteiger partial charge in [-0.2, -0.15) is 10.2 Å². The lowest BCUT2D eigenvalue weighted by Crippen LogP contribution is -2.26. The fraction of sp³-hybridized carbons (Fsp3) is 0.312. The van der Waals surface area contributed by atoms with E-state index in [2.05, 4.69) is 20.3 Å². The lowest BCUT2D eigenvalue weighted by molar-refractivity contribution is 0.102. The quantitative estimate of drug-likeness (QED) is 0.548. The van der Waals surface area contributed by atoms with Crippen molar-refractivity contribution in [2.75, 3.05) is 10.5 Å². The number of ketones is 1. The van der Waals surface area contributed by atoms with E-state index in [-0.39, 0.29) is 11.3 Å². The first-order valence-corrected chi connectivity index (χ1v) is 10.0. The van der Waals surface area contributed by atoms with Gasteiger partial charge >= 0.3 is 0 Å². The molecule has 0 bridgehead atoms. The summed E-state index contributed by atoms with van der Waals surface area (Å²) < 4.78 is 54.4. The van der Waals surface area contributed by atoms with E-state index >= 15 is 0 Å². The van der Waals surface area contributed by atoms with Crippen LogP contribution in [0.3, 0.4) is 0 Å². The van der Waals surface area contributed by atoms with Gasteiger partial charge in [-0.15, -0.1) is 0 Å². The highest BCUT2D eigenvalue weighted by Gasteiger charge is 2.36. The standard InChI is InChI=1S/C16H15ClF2N4O3S/c1-2-5-27(25,26)23-11-6-10(18)14(19)12(13(11)17)15(24)9-7-20-16-8(9)3-4-21-22-16/h3-4,6-8,16,20,23H,2,5H2,1H3. The Hall–Kier alpha value is -2.33. The first-order valence-electron chi connectivity index (χ1n) is 8.00. The minimum Gasteiger partial charge on any atom is -0.367 e. The zero-order valence-electron chi connectivity index (χ0n) is 14.0. The van der Waals surface area contributed by atoms with Gasteiger partial charge in [0.2, 0.25) is 10.0 Å². The normalized spacial score (nSPS) is 20.8. The second-order valence-electron chi connectivity index (χ2n) is 5.97. The lowest BCUT2D eigenvalue weighted by atomic mass is 9.91. The Morgan fingerprint density at radius 3 is 2.85 bits per heavy atom. The number of fused-ring (bicyclic) bond motifs is 1. The van der Waals surface area contributed by atoms with Crippen molar-refractivity contribution < 1.29 is 22.0 Å². The molecule has 144 valence electrons. The van der Waals surface area contributed by atoms with Crippen molar-refractivity contribution in [3.05, 3.63) is 52.3 Å². The van der Waals surface area contributed by atoms with Crippen LogP contribution in [0.1, 0.15) is 23.7 Å².